The number of amides is 2. The fourth-order valence-corrected chi connectivity index (χ4v) is 2.97. The van der Waals surface area contributed by atoms with Crippen LogP contribution in [0, 0.1) is 6.92 Å². The SMILES string of the molecule is Cc1ccc(NC(=O)CSc2nnc(CNC(=O)c3ccccc3)o2)cc1Cl. The van der Waals surface area contributed by atoms with E-state index >= 15 is 0 Å². The van der Waals surface area contributed by atoms with E-state index in [-0.39, 0.29) is 35.2 Å². The molecule has 0 bridgehead atoms. The summed E-state index contributed by atoms with van der Waals surface area (Å²) in [6.07, 6.45) is 0. The van der Waals surface area contributed by atoms with Crippen molar-refractivity contribution in [3.63, 3.8) is 0 Å². The molecule has 7 nitrogen and oxygen atoms in total. The number of hydrogen-bond donors (Lipinski definition) is 2. The van der Waals surface area contributed by atoms with E-state index in [2.05, 4.69) is 20.8 Å². The predicted octanol–water partition coefficient (Wildman–Crippen LogP) is 3.69. The molecular weight excluding hydrogens is 400 g/mol. The molecule has 0 saturated carbocycles. The first kappa shape index (κ1) is 19.9. The molecule has 0 aliphatic rings. The highest BCUT2D eigenvalue weighted by Gasteiger charge is 2.12. The number of hydrogen-bond acceptors (Lipinski definition) is 6. The highest BCUT2D eigenvalue weighted by molar-refractivity contribution is 7.99. The number of halogens is 1. The van der Waals surface area contributed by atoms with Gasteiger partial charge in [0.15, 0.2) is 0 Å². The fourth-order valence-electron chi connectivity index (χ4n) is 2.21. The van der Waals surface area contributed by atoms with Gasteiger partial charge in [-0.2, -0.15) is 0 Å². The molecule has 1 heterocycles. The van der Waals surface area contributed by atoms with E-state index in [0.717, 1.165) is 17.3 Å². The summed E-state index contributed by atoms with van der Waals surface area (Å²) in [7, 11) is 0. The molecule has 0 aliphatic heterocycles. The highest BCUT2D eigenvalue weighted by Crippen LogP contribution is 2.21. The van der Waals surface area contributed by atoms with Gasteiger partial charge in [-0.1, -0.05) is 47.6 Å². The van der Waals surface area contributed by atoms with Crippen LogP contribution in [-0.2, 0) is 11.3 Å². The third kappa shape index (κ3) is 5.58. The Morgan fingerprint density at radius 1 is 1.14 bits per heavy atom. The molecule has 3 aromatic rings. The lowest BCUT2D eigenvalue weighted by Gasteiger charge is -2.05. The van der Waals surface area contributed by atoms with Crippen LogP contribution < -0.4 is 10.6 Å². The molecule has 0 spiro atoms. The Labute approximate surface area is 170 Å². The Morgan fingerprint density at radius 3 is 2.68 bits per heavy atom. The number of thioether (sulfide) groups is 1. The Hall–Kier alpha value is -2.84. The van der Waals surface area contributed by atoms with Crippen molar-refractivity contribution in [2.45, 2.75) is 18.7 Å². The minimum absolute atomic E-state index is 0.101. The van der Waals surface area contributed by atoms with Gasteiger partial charge in [0.05, 0.1) is 12.3 Å². The summed E-state index contributed by atoms with van der Waals surface area (Å²) >= 11 is 7.15. The van der Waals surface area contributed by atoms with E-state index in [1.54, 1.807) is 36.4 Å². The molecule has 0 saturated heterocycles. The van der Waals surface area contributed by atoms with Gasteiger partial charge in [-0.25, -0.2) is 0 Å². The predicted molar refractivity (Wildman–Crippen MR) is 107 cm³/mol. The van der Waals surface area contributed by atoms with Crippen LogP contribution in [0.1, 0.15) is 21.8 Å². The fraction of sp³-hybridized carbons (Fsp3) is 0.158. The number of carbonyl (C=O) groups excluding carboxylic acids is 2. The van der Waals surface area contributed by atoms with Gasteiger partial charge in [-0.3, -0.25) is 9.59 Å². The van der Waals surface area contributed by atoms with Crippen LogP contribution in [0.5, 0.6) is 0 Å². The number of aromatic nitrogens is 2. The first-order chi connectivity index (χ1) is 13.5. The molecule has 0 atom stereocenters. The number of nitrogens with one attached hydrogen (secondary N) is 2. The first-order valence-corrected chi connectivity index (χ1v) is 9.72. The van der Waals surface area contributed by atoms with Crippen LogP contribution in [0.15, 0.2) is 58.2 Å². The van der Waals surface area contributed by atoms with Crippen molar-refractivity contribution in [1.82, 2.24) is 15.5 Å². The van der Waals surface area contributed by atoms with Gasteiger partial charge in [-0.05, 0) is 36.8 Å². The van der Waals surface area contributed by atoms with Crippen LogP contribution in [0.3, 0.4) is 0 Å². The number of benzene rings is 2. The topological polar surface area (TPSA) is 97.1 Å². The van der Waals surface area contributed by atoms with Gasteiger partial charge in [0.1, 0.15) is 0 Å². The normalized spacial score (nSPS) is 10.5. The van der Waals surface area contributed by atoms with Crippen molar-refractivity contribution in [2.75, 3.05) is 11.1 Å². The minimum atomic E-state index is -0.232. The number of anilines is 1. The van der Waals surface area contributed by atoms with Gasteiger partial charge in [-0.15, -0.1) is 10.2 Å². The van der Waals surface area contributed by atoms with Crippen molar-refractivity contribution >= 4 is 40.9 Å². The Bertz CT molecular complexity index is 978. The van der Waals surface area contributed by atoms with Gasteiger partial charge in [0, 0.05) is 16.3 Å². The third-order valence-electron chi connectivity index (χ3n) is 3.67. The summed E-state index contributed by atoms with van der Waals surface area (Å²) in [4.78, 5) is 24.0. The van der Waals surface area contributed by atoms with Crippen LogP contribution in [-0.4, -0.2) is 27.8 Å². The molecule has 144 valence electrons. The Kier molecular flexibility index (Phi) is 6.67. The summed E-state index contributed by atoms with van der Waals surface area (Å²) in [5, 5.41) is 14.0. The Morgan fingerprint density at radius 2 is 1.93 bits per heavy atom. The monoisotopic (exact) mass is 416 g/mol. The van der Waals surface area contributed by atoms with E-state index in [1.807, 2.05) is 19.1 Å². The molecular formula is C19H17ClN4O3S. The van der Waals surface area contributed by atoms with Crippen LogP contribution in [0.25, 0.3) is 0 Å². The van der Waals surface area contributed by atoms with Crippen LogP contribution >= 0.6 is 23.4 Å². The van der Waals surface area contributed by atoms with Crippen molar-refractivity contribution in [2.24, 2.45) is 0 Å². The second-order valence-electron chi connectivity index (χ2n) is 5.81. The van der Waals surface area contributed by atoms with E-state index < -0.39 is 0 Å². The maximum Gasteiger partial charge on any atom is 0.277 e. The van der Waals surface area contributed by atoms with Crippen LogP contribution in [0.2, 0.25) is 5.02 Å². The summed E-state index contributed by atoms with van der Waals surface area (Å²) in [6.45, 7) is 1.99. The Balaban J connectivity index is 1.45. The third-order valence-corrected chi connectivity index (χ3v) is 4.89. The standard InChI is InChI=1S/C19H17ClN4O3S/c1-12-7-8-14(9-15(12)20)22-16(25)11-28-19-24-23-17(27-19)10-21-18(26)13-5-3-2-4-6-13/h2-9H,10-11H2,1H3,(H,21,26)(H,22,25). The first-order valence-electron chi connectivity index (χ1n) is 8.35. The smallest absolute Gasteiger partial charge is 0.277 e. The van der Waals surface area contributed by atoms with Gasteiger partial charge >= 0.3 is 0 Å². The molecule has 2 N–H and O–H groups in total. The van der Waals surface area contributed by atoms with Crippen molar-refractivity contribution in [3.05, 3.63) is 70.6 Å². The second kappa shape index (κ2) is 9.38. The lowest BCUT2D eigenvalue weighted by atomic mass is 10.2. The molecule has 1 aromatic heterocycles. The number of nitrogens with zero attached hydrogens (tertiary/aromatic N) is 2. The second-order valence-corrected chi connectivity index (χ2v) is 7.15. The average Bonchev–Trinajstić information content (AvgIpc) is 3.16. The molecule has 0 radical (unpaired) electrons. The minimum Gasteiger partial charge on any atom is -0.414 e. The van der Waals surface area contributed by atoms with Crippen molar-refractivity contribution < 1.29 is 14.0 Å². The maximum atomic E-state index is 12.0. The maximum absolute atomic E-state index is 12.0. The zero-order valence-electron chi connectivity index (χ0n) is 14.9. The molecule has 3 rings (SSSR count). The zero-order valence-corrected chi connectivity index (χ0v) is 16.5. The molecule has 28 heavy (non-hydrogen) atoms. The summed E-state index contributed by atoms with van der Waals surface area (Å²) in [6, 6.07) is 14.1. The van der Waals surface area contributed by atoms with E-state index in [4.69, 9.17) is 16.0 Å². The molecule has 2 aromatic carbocycles. The number of carbonyl (C=O) groups is 2. The summed E-state index contributed by atoms with van der Waals surface area (Å²) in [5.41, 5.74) is 2.10. The van der Waals surface area contributed by atoms with Gasteiger partial charge in [0.25, 0.3) is 11.1 Å². The lowest BCUT2D eigenvalue weighted by molar-refractivity contribution is -0.113. The molecule has 0 aliphatic carbocycles. The van der Waals surface area contributed by atoms with E-state index in [0.29, 0.717) is 16.3 Å². The largest absolute Gasteiger partial charge is 0.414 e. The van der Waals surface area contributed by atoms with Crippen molar-refractivity contribution in [1.29, 1.82) is 0 Å². The molecule has 0 fully saturated rings. The van der Waals surface area contributed by atoms with Crippen LogP contribution in [0.4, 0.5) is 5.69 Å². The van der Waals surface area contributed by atoms with E-state index in [9.17, 15) is 9.59 Å². The molecule has 0 unspecified atom stereocenters. The zero-order chi connectivity index (χ0) is 19.9. The number of aryl methyl sites for hydroxylation is 1. The quantitative estimate of drug-likeness (QED) is 0.570. The number of rotatable bonds is 7. The van der Waals surface area contributed by atoms with Gasteiger partial charge < -0.3 is 15.1 Å². The van der Waals surface area contributed by atoms with Crippen molar-refractivity contribution in [3.8, 4) is 0 Å². The highest BCUT2D eigenvalue weighted by atomic mass is 35.5. The summed E-state index contributed by atoms with van der Waals surface area (Å²) in [5.74, 6) is -0.0903. The van der Waals surface area contributed by atoms with Gasteiger partial charge in [0.2, 0.25) is 11.8 Å². The molecule has 2 amide bonds. The molecule has 9 heteroatoms. The average molecular weight is 417 g/mol. The lowest BCUT2D eigenvalue weighted by Crippen LogP contribution is -2.22. The summed E-state index contributed by atoms with van der Waals surface area (Å²) < 4.78 is 5.43. The van der Waals surface area contributed by atoms with E-state index in [1.165, 1.54) is 0 Å².